The minimum atomic E-state index is -0.506. The van der Waals surface area contributed by atoms with Crippen molar-refractivity contribution in [1.29, 1.82) is 0 Å². The molecule has 0 aliphatic rings. The summed E-state index contributed by atoms with van der Waals surface area (Å²) in [6, 6.07) is 6.16. The van der Waals surface area contributed by atoms with Crippen LogP contribution < -0.4 is 0 Å². The molecular weight excluding hydrogens is 183 g/mol. The predicted molar refractivity (Wildman–Crippen MR) is 51.0 cm³/mol. The van der Waals surface area contributed by atoms with E-state index >= 15 is 0 Å². The quantitative estimate of drug-likeness (QED) is 0.545. The zero-order valence-corrected chi connectivity index (χ0v) is 7.92. The van der Waals surface area contributed by atoms with Crippen LogP contribution in [0.1, 0.15) is 12.5 Å². The fraction of sp³-hybridized carbons (Fsp3) is 0.182. The van der Waals surface area contributed by atoms with Gasteiger partial charge in [0.05, 0.1) is 0 Å². The summed E-state index contributed by atoms with van der Waals surface area (Å²) >= 11 is 0. The van der Waals surface area contributed by atoms with Gasteiger partial charge >= 0.3 is 5.97 Å². The van der Waals surface area contributed by atoms with Crippen molar-refractivity contribution in [2.75, 3.05) is 0 Å². The summed E-state index contributed by atoms with van der Waals surface area (Å²) in [6.07, 6.45) is 0. The molecule has 74 valence electrons. The highest BCUT2D eigenvalue weighted by Crippen LogP contribution is 2.08. The standard InChI is InChI=1S/C11H11FO2/c1-8(2)11(13)14-7-9-5-3-4-6-10(9)12/h3-6H,1,7H2,2H3. The minimum Gasteiger partial charge on any atom is -0.457 e. The smallest absolute Gasteiger partial charge is 0.333 e. The molecule has 0 unspecified atom stereocenters. The van der Waals surface area contributed by atoms with E-state index in [9.17, 15) is 9.18 Å². The maximum atomic E-state index is 13.0. The zero-order chi connectivity index (χ0) is 10.6. The third-order valence-electron chi connectivity index (χ3n) is 1.67. The fourth-order valence-corrected chi connectivity index (χ4v) is 0.882. The van der Waals surface area contributed by atoms with Crippen LogP contribution in [0.3, 0.4) is 0 Å². The van der Waals surface area contributed by atoms with Crippen molar-refractivity contribution in [1.82, 2.24) is 0 Å². The average molecular weight is 194 g/mol. The van der Waals surface area contributed by atoms with E-state index in [1.165, 1.54) is 6.07 Å². The number of carbonyl (C=O) groups excluding carboxylic acids is 1. The van der Waals surface area contributed by atoms with Gasteiger partial charge in [-0.15, -0.1) is 0 Å². The highest BCUT2D eigenvalue weighted by atomic mass is 19.1. The molecule has 0 spiro atoms. The van der Waals surface area contributed by atoms with Crippen molar-refractivity contribution in [2.24, 2.45) is 0 Å². The first-order valence-corrected chi connectivity index (χ1v) is 4.17. The van der Waals surface area contributed by atoms with Gasteiger partial charge < -0.3 is 4.74 Å². The number of esters is 1. The topological polar surface area (TPSA) is 26.3 Å². The second kappa shape index (κ2) is 4.56. The van der Waals surface area contributed by atoms with Gasteiger partial charge in [0, 0.05) is 11.1 Å². The van der Waals surface area contributed by atoms with Crippen LogP contribution in [0.15, 0.2) is 36.4 Å². The van der Waals surface area contributed by atoms with Crippen LogP contribution in [0.2, 0.25) is 0 Å². The van der Waals surface area contributed by atoms with Crippen molar-refractivity contribution >= 4 is 5.97 Å². The Bertz CT molecular complexity index is 358. The first kappa shape index (κ1) is 10.4. The summed E-state index contributed by atoms with van der Waals surface area (Å²) in [5, 5.41) is 0. The number of rotatable bonds is 3. The van der Waals surface area contributed by atoms with Gasteiger partial charge in [-0.05, 0) is 13.0 Å². The maximum absolute atomic E-state index is 13.0. The first-order chi connectivity index (χ1) is 6.61. The lowest BCUT2D eigenvalue weighted by atomic mass is 10.2. The monoisotopic (exact) mass is 194 g/mol. The minimum absolute atomic E-state index is 0.0572. The van der Waals surface area contributed by atoms with Gasteiger partial charge in [0.1, 0.15) is 12.4 Å². The molecule has 0 atom stereocenters. The second-order valence-electron chi connectivity index (χ2n) is 2.95. The fourth-order valence-electron chi connectivity index (χ4n) is 0.882. The third-order valence-corrected chi connectivity index (χ3v) is 1.67. The van der Waals surface area contributed by atoms with E-state index in [1.807, 2.05) is 0 Å². The van der Waals surface area contributed by atoms with Gasteiger partial charge in [0.2, 0.25) is 0 Å². The molecule has 3 heteroatoms. The third kappa shape index (κ3) is 2.69. The molecule has 14 heavy (non-hydrogen) atoms. The highest BCUT2D eigenvalue weighted by Gasteiger charge is 2.05. The van der Waals surface area contributed by atoms with E-state index in [0.29, 0.717) is 11.1 Å². The molecule has 0 heterocycles. The lowest BCUT2D eigenvalue weighted by molar-refractivity contribution is -0.140. The van der Waals surface area contributed by atoms with E-state index < -0.39 is 5.97 Å². The van der Waals surface area contributed by atoms with E-state index in [-0.39, 0.29) is 12.4 Å². The molecule has 0 fully saturated rings. The molecule has 0 aliphatic heterocycles. The molecule has 0 aliphatic carbocycles. The van der Waals surface area contributed by atoms with E-state index in [4.69, 9.17) is 4.74 Å². The molecule has 0 saturated heterocycles. The number of halogens is 1. The Morgan fingerprint density at radius 1 is 1.50 bits per heavy atom. The average Bonchev–Trinajstić information content (AvgIpc) is 2.16. The second-order valence-corrected chi connectivity index (χ2v) is 2.95. The van der Waals surface area contributed by atoms with Crippen LogP contribution in [-0.2, 0) is 16.1 Å². The van der Waals surface area contributed by atoms with E-state index in [1.54, 1.807) is 25.1 Å². The van der Waals surface area contributed by atoms with Crippen molar-refractivity contribution in [3.63, 3.8) is 0 Å². The number of carbonyl (C=O) groups is 1. The van der Waals surface area contributed by atoms with Crippen LogP contribution in [0.4, 0.5) is 4.39 Å². The Hall–Kier alpha value is -1.64. The van der Waals surface area contributed by atoms with Crippen molar-refractivity contribution in [2.45, 2.75) is 13.5 Å². The van der Waals surface area contributed by atoms with Crippen molar-refractivity contribution in [3.8, 4) is 0 Å². The molecule has 1 aromatic rings. The Labute approximate surface area is 82.0 Å². The van der Waals surface area contributed by atoms with Crippen molar-refractivity contribution < 1.29 is 13.9 Å². The number of hydrogen-bond acceptors (Lipinski definition) is 2. The Morgan fingerprint density at radius 2 is 2.14 bits per heavy atom. The maximum Gasteiger partial charge on any atom is 0.333 e. The Balaban J connectivity index is 2.58. The van der Waals surface area contributed by atoms with Gasteiger partial charge in [-0.2, -0.15) is 0 Å². The van der Waals surface area contributed by atoms with Crippen molar-refractivity contribution in [3.05, 3.63) is 47.8 Å². The number of benzene rings is 1. The molecule has 0 radical (unpaired) electrons. The van der Waals surface area contributed by atoms with Gasteiger partial charge in [0.15, 0.2) is 0 Å². The lowest BCUT2D eigenvalue weighted by Crippen LogP contribution is -2.05. The Morgan fingerprint density at radius 3 is 2.71 bits per heavy atom. The van der Waals surface area contributed by atoms with Crippen LogP contribution >= 0.6 is 0 Å². The normalized spacial score (nSPS) is 9.57. The molecular formula is C11H11FO2. The van der Waals surface area contributed by atoms with Gasteiger partial charge in [0.25, 0.3) is 0 Å². The first-order valence-electron chi connectivity index (χ1n) is 4.17. The summed E-state index contributed by atoms with van der Waals surface area (Å²) in [6.45, 7) is 4.91. The molecule has 0 amide bonds. The zero-order valence-electron chi connectivity index (χ0n) is 7.92. The van der Waals surface area contributed by atoms with Crippen LogP contribution in [0.5, 0.6) is 0 Å². The highest BCUT2D eigenvalue weighted by molar-refractivity contribution is 5.86. The molecule has 0 N–H and O–H groups in total. The van der Waals surface area contributed by atoms with Crippen LogP contribution in [-0.4, -0.2) is 5.97 Å². The summed E-state index contributed by atoms with van der Waals surface area (Å²) < 4.78 is 17.8. The number of hydrogen-bond donors (Lipinski definition) is 0. The molecule has 0 aromatic heterocycles. The summed E-state index contributed by atoms with van der Waals surface area (Å²) in [7, 11) is 0. The molecule has 1 rings (SSSR count). The van der Waals surface area contributed by atoms with E-state index in [0.717, 1.165) is 0 Å². The SMILES string of the molecule is C=C(C)C(=O)OCc1ccccc1F. The lowest BCUT2D eigenvalue weighted by Gasteiger charge is -2.04. The largest absolute Gasteiger partial charge is 0.457 e. The van der Waals surface area contributed by atoms with Crippen LogP contribution in [0, 0.1) is 5.82 Å². The molecule has 0 bridgehead atoms. The summed E-state index contributed by atoms with van der Waals surface area (Å²) in [5.41, 5.74) is 0.670. The molecule has 2 nitrogen and oxygen atoms in total. The van der Waals surface area contributed by atoms with Gasteiger partial charge in [-0.25, -0.2) is 9.18 Å². The van der Waals surface area contributed by atoms with E-state index in [2.05, 4.69) is 6.58 Å². The van der Waals surface area contributed by atoms with Gasteiger partial charge in [-0.1, -0.05) is 24.8 Å². The predicted octanol–water partition coefficient (Wildman–Crippen LogP) is 2.45. The number of ether oxygens (including phenoxy) is 1. The molecule has 0 saturated carbocycles. The molecule has 1 aromatic carbocycles. The van der Waals surface area contributed by atoms with Crippen LogP contribution in [0.25, 0.3) is 0 Å². The summed E-state index contributed by atoms with van der Waals surface area (Å²) in [4.78, 5) is 11.0. The van der Waals surface area contributed by atoms with Gasteiger partial charge in [-0.3, -0.25) is 0 Å². The summed E-state index contributed by atoms with van der Waals surface area (Å²) in [5.74, 6) is -0.879. The Kier molecular flexibility index (Phi) is 3.40.